The number of methoxy groups -OCH3 is 2. The van der Waals surface area contributed by atoms with Gasteiger partial charge in [-0.3, -0.25) is 9.59 Å². The third kappa shape index (κ3) is 84.3. The standard InChI is InChI=1S/C28H54O6.C18H38O4.C12H23BrO2.C12H23O2.C6H12O3.2C4H8O.C2H2O2.C2H6.CH4.BrH.2Mg.H2O.Y.2H/c1-27(2,21-33-25-13-5-7-19-31-25)17-9-11-23(29)15-16-24(30)12-10-18-28(3,4)22-34-26-14-6-8-20-32-26;1-17(2,13-19)11-5-7-15(21)9-10-16(22)8-6-12-18(3,4)14-20;1-12(2,7-5-8-13)10-15-11-6-3-4-9-14-11;1-4-8-12(2,3)10-14-11-7-5-6-9-13-11;1-7-5-3-4-6(8-2)9-5;2*1-2-4-5-3-1;3-1-2-4;1-2;;;;;;;;/h23-26,29-30H,5-22H2,1-4H3;15-16,19-22H,5-14H2,1-4H3;11H,3-10H2,1-2H3;11H,1,4-10H2,2-3H3;5-6H,3-4H2,1-2H3;2*1-4H2;1-2H;1-2H3;1H4;1H;;;1H2;;;/q;;;-1;;;;;;;;2*+2;;;2*-1/p-1. The van der Waals surface area contributed by atoms with Crippen LogP contribution in [0, 0.1) is 39.4 Å². The van der Waals surface area contributed by atoms with E-state index >= 15 is 0 Å². The van der Waals surface area contributed by atoms with E-state index in [9.17, 15) is 30.6 Å². The molecule has 8 N–H and O–H groups in total. The zero-order valence-electron chi connectivity index (χ0n) is 78.2. The zero-order chi connectivity index (χ0) is 82.9. The van der Waals surface area contributed by atoms with Crippen molar-refractivity contribution in [3.05, 3.63) is 6.92 Å². The summed E-state index contributed by atoms with van der Waals surface area (Å²) in [5.41, 5.74) is 0.536. The maximum atomic E-state index is 10.4. The van der Waals surface area contributed by atoms with E-state index in [2.05, 4.69) is 78.2 Å². The molecule has 0 saturated carbocycles. The van der Waals surface area contributed by atoms with Gasteiger partial charge in [0.1, 0.15) is 0 Å². The second-order valence-electron chi connectivity index (χ2n) is 35.4. The van der Waals surface area contributed by atoms with E-state index < -0.39 is 0 Å². The number of rotatable bonds is 44. The Morgan fingerprint density at radius 2 is 0.629 bits per heavy atom. The molecule has 116 heavy (non-hydrogen) atoms. The van der Waals surface area contributed by atoms with E-state index in [1.165, 1.54) is 77.0 Å². The number of carbonyl (C=O) groups excluding carboxylic acids is 2. The third-order valence-electron chi connectivity index (χ3n) is 20.3. The van der Waals surface area contributed by atoms with Crippen LogP contribution in [0.25, 0.3) is 0 Å². The third-order valence-corrected chi connectivity index (χ3v) is 20.9. The molecule has 0 aromatic carbocycles. The molecular formula is C89H182Br2Mg2O22Y. The molecule has 10 unspecified atom stereocenters. The molecule has 0 aliphatic carbocycles. The Labute approximate surface area is 789 Å². The summed E-state index contributed by atoms with van der Waals surface area (Å²) in [5.74, 6) is 0. The van der Waals surface area contributed by atoms with Crippen molar-refractivity contribution in [1.82, 2.24) is 0 Å². The van der Waals surface area contributed by atoms with E-state index in [1.807, 2.05) is 41.5 Å². The summed E-state index contributed by atoms with van der Waals surface area (Å²) in [7, 11) is 3.28. The van der Waals surface area contributed by atoms with Gasteiger partial charge in [0.25, 0.3) is 0 Å². The van der Waals surface area contributed by atoms with Gasteiger partial charge < -0.3 is 124 Å². The Bertz CT molecular complexity index is 1920. The molecule has 7 saturated heterocycles. The summed E-state index contributed by atoms with van der Waals surface area (Å²) in [5, 5.41) is 60.1. The van der Waals surface area contributed by atoms with Gasteiger partial charge in [-0.25, -0.2) is 0 Å². The first-order valence-corrected chi connectivity index (χ1v) is 44.4. The number of hydrogen-bond acceptors (Lipinski definition) is 21. The molecule has 7 aliphatic heterocycles. The van der Waals surface area contributed by atoms with Crippen molar-refractivity contribution >= 4 is 74.6 Å². The minimum atomic E-state index is -0.363. The van der Waals surface area contributed by atoms with E-state index in [0.29, 0.717) is 38.9 Å². The number of carbonyl (C=O) groups is 2. The number of alkyl halides is 1. The quantitative estimate of drug-likeness (QED) is 0.0109. The molecule has 1 radical (unpaired) electrons. The SMILES string of the molecule is C.C1CCOC1.C1CCOC1.CC.CC(C)(CCCBr)COC1CCCCO1.CC(C)(CCCC(O)CCC(O)CCCC(C)(C)COC1CCCCO1)COC1CCCCO1.CC(C)(CO)CCCC(O)CCC(O)CCCC(C)(C)CO.COC1CCC(OC)O1.O.O=CC=O.[Br-].[CH2-]CCC(C)(C)COC1CCCCO1.[H-].[H-].[Mg+2].[Mg+2].[Y]. The molecule has 0 aromatic rings. The monoisotopic (exact) mass is 1900 g/mol. The second kappa shape index (κ2) is 85.2. The fourth-order valence-corrected chi connectivity index (χ4v) is 13.0. The van der Waals surface area contributed by atoms with Crippen LogP contribution in [-0.4, -0.2) is 269 Å². The van der Waals surface area contributed by atoms with Crippen molar-refractivity contribution in [2.45, 2.75) is 411 Å². The summed E-state index contributed by atoms with van der Waals surface area (Å²) in [4.78, 5) is 17.6. The number of aliphatic hydroxyl groups is 6. The first-order valence-electron chi connectivity index (χ1n) is 43.3. The predicted octanol–water partition coefficient (Wildman–Crippen LogP) is 14.8. The fourth-order valence-electron chi connectivity index (χ4n) is 12.7. The van der Waals surface area contributed by atoms with Gasteiger partial charge in [0.15, 0.2) is 50.3 Å². The number of hydrogen-bond donors (Lipinski definition) is 6. The minimum absolute atomic E-state index is 0. The van der Waals surface area contributed by atoms with Crippen LogP contribution in [0.5, 0.6) is 0 Å². The average Bonchev–Trinajstić information content (AvgIpc) is 1.28. The summed E-state index contributed by atoms with van der Waals surface area (Å²) in [6.45, 7) is 44.5. The van der Waals surface area contributed by atoms with Crippen LogP contribution < -0.4 is 17.0 Å². The van der Waals surface area contributed by atoms with Crippen molar-refractivity contribution in [1.29, 1.82) is 0 Å². The summed E-state index contributed by atoms with van der Waals surface area (Å²) in [6, 6.07) is 0. The topological polar surface area (TPSA) is 307 Å². The van der Waals surface area contributed by atoms with Crippen LogP contribution in [0.4, 0.5) is 0 Å². The van der Waals surface area contributed by atoms with Gasteiger partial charge in [0, 0.05) is 131 Å². The van der Waals surface area contributed by atoms with Crippen molar-refractivity contribution in [3.63, 3.8) is 0 Å². The van der Waals surface area contributed by atoms with Gasteiger partial charge in [0.2, 0.25) is 0 Å². The summed E-state index contributed by atoms with van der Waals surface area (Å²) >= 11 is 3.46. The molecule has 0 amide bonds. The molecule has 22 nitrogen and oxygen atoms in total. The van der Waals surface area contributed by atoms with E-state index in [-0.39, 0.29) is 232 Å². The van der Waals surface area contributed by atoms with Gasteiger partial charge in [-0.15, -0.1) is 0 Å². The number of aldehydes is 2. The zero-order valence-corrected chi connectivity index (χ0v) is 85.0. The number of aliphatic hydroxyl groups excluding tert-OH is 6. The van der Waals surface area contributed by atoms with Crippen molar-refractivity contribution in [3.8, 4) is 0 Å². The van der Waals surface area contributed by atoms with Crippen LogP contribution in [0.15, 0.2) is 0 Å². The van der Waals surface area contributed by atoms with Crippen LogP contribution in [0.2, 0.25) is 0 Å². The molecule has 7 aliphatic rings. The van der Waals surface area contributed by atoms with Crippen molar-refractivity contribution < 1.29 is 160 Å². The van der Waals surface area contributed by atoms with Crippen molar-refractivity contribution in [2.75, 3.05) is 112 Å². The smallest absolute Gasteiger partial charge is 1.00 e. The Morgan fingerprint density at radius 3 is 0.810 bits per heavy atom. The molecule has 7 heterocycles. The first kappa shape index (κ1) is 134. The Balaban J connectivity index is -0.000000151. The Hall–Kier alpha value is 2.14. The molecule has 27 heteroatoms. The minimum Gasteiger partial charge on any atom is -1.00 e. The molecule has 7 rings (SSSR count). The first-order chi connectivity index (χ1) is 52.3. The van der Waals surface area contributed by atoms with Crippen LogP contribution in [0.1, 0.15) is 351 Å². The average molecular weight is 1900 g/mol. The Kier molecular flexibility index (Phi) is 98.2. The van der Waals surface area contributed by atoms with Crippen LogP contribution in [-0.2, 0) is 104 Å². The molecule has 0 bridgehead atoms. The van der Waals surface area contributed by atoms with Gasteiger partial charge >= 0.3 is 46.1 Å². The second-order valence-corrected chi connectivity index (χ2v) is 36.2. The van der Waals surface area contributed by atoms with Crippen molar-refractivity contribution in [2.24, 2.45) is 32.5 Å². The summed E-state index contributed by atoms with van der Waals surface area (Å²) < 4.78 is 70.8. The predicted molar refractivity (Wildman–Crippen MR) is 470 cm³/mol. The normalized spacial score (nSPS) is 21.0. The van der Waals surface area contributed by atoms with Gasteiger partial charge in [-0.05, 0) is 225 Å². The number of ether oxygens (including phenoxy) is 13. The molecule has 10 atom stereocenters. The largest absolute Gasteiger partial charge is 2.00 e. The Morgan fingerprint density at radius 1 is 0.397 bits per heavy atom. The maximum absolute atomic E-state index is 10.4. The number of halogens is 2. The van der Waals surface area contributed by atoms with E-state index in [4.69, 9.17) is 71.2 Å². The summed E-state index contributed by atoms with van der Waals surface area (Å²) in [6.07, 6.45) is 37.2. The molecule has 691 valence electrons. The maximum Gasteiger partial charge on any atom is 2.00 e. The molecule has 7 fully saturated rings. The van der Waals surface area contributed by atoms with E-state index in [1.54, 1.807) is 14.2 Å². The molecule has 0 spiro atoms. The van der Waals surface area contributed by atoms with Crippen LogP contribution in [0.3, 0.4) is 0 Å². The molecule has 0 aromatic heterocycles. The van der Waals surface area contributed by atoms with Gasteiger partial charge in [0.05, 0.1) is 50.8 Å². The van der Waals surface area contributed by atoms with Crippen LogP contribution >= 0.6 is 15.9 Å². The molecular weight excluding hydrogens is 1720 g/mol. The van der Waals surface area contributed by atoms with Gasteiger partial charge in [-0.2, -0.15) is 6.42 Å². The van der Waals surface area contributed by atoms with E-state index in [0.717, 1.165) is 213 Å². The van der Waals surface area contributed by atoms with Gasteiger partial charge in [-0.1, -0.05) is 152 Å². The fraction of sp³-hybridized carbons (Fsp3) is 0.966.